The second-order valence-corrected chi connectivity index (χ2v) is 4.89. The van der Waals surface area contributed by atoms with Crippen LogP contribution in [0, 0.1) is 23.5 Å². The highest BCUT2D eigenvalue weighted by atomic mass is 19.1. The van der Waals surface area contributed by atoms with E-state index in [0.717, 1.165) is 31.1 Å². The molecule has 0 aromatic heterocycles. The first-order valence-electron chi connectivity index (χ1n) is 6.34. The smallest absolute Gasteiger partial charge is 0.126 e. The standard InChI is InChI=1S/C14H19F2N/c1-2-17-9-12-4-3-11(12)5-10-6-13(15)8-14(16)7-10/h6-8,11-12,17H,2-5,9H2,1H3. The summed E-state index contributed by atoms with van der Waals surface area (Å²) in [4.78, 5) is 0. The zero-order chi connectivity index (χ0) is 12.3. The van der Waals surface area contributed by atoms with Crippen molar-refractivity contribution in [3.05, 3.63) is 35.4 Å². The second kappa shape index (κ2) is 5.58. The van der Waals surface area contributed by atoms with Gasteiger partial charge in [-0.2, -0.15) is 0 Å². The van der Waals surface area contributed by atoms with E-state index in [1.807, 2.05) is 0 Å². The molecule has 1 aromatic carbocycles. The zero-order valence-corrected chi connectivity index (χ0v) is 10.2. The van der Waals surface area contributed by atoms with Gasteiger partial charge in [-0.05, 0) is 61.9 Å². The highest BCUT2D eigenvalue weighted by molar-refractivity contribution is 5.19. The molecule has 17 heavy (non-hydrogen) atoms. The fourth-order valence-electron chi connectivity index (χ4n) is 2.54. The van der Waals surface area contributed by atoms with Crippen LogP contribution in [0.2, 0.25) is 0 Å². The third kappa shape index (κ3) is 3.25. The number of halogens is 2. The predicted octanol–water partition coefficient (Wildman–Crippen LogP) is 3.14. The maximum atomic E-state index is 13.0. The quantitative estimate of drug-likeness (QED) is 0.832. The van der Waals surface area contributed by atoms with Crippen LogP contribution in [0.15, 0.2) is 18.2 Å². The predicted molar refractivity (Wildman–Crippen MR) is 64.8 cm³/mol. The molecule has 94 valence electrons. The van der Waals surface area contributed by atoms with E-state index in [-0.39, 0.29) is 0 Å². The van der Waals surface area contributed by atoms with Gasteiger partial charge in [0.25, 0.3) is 0 Å². The van der Waals surface area contributed by atoms with Crippen molar-refractivity contribution in [2.24, 2.45) is 11.8 Å². The van der Waals surface area contributed by atoms with Crippen LogP contribution >= 0.6 is 0 Å². The lowest BCUT2D eigenvalue weighted by molar-refractivity contribution is 0.171. The maximum Gasteiger partial charge on any atom is 0.126 e. The van der Waals surface area contributed by atoms with E-state index in [1.165, 1.54) is 25.0 Å². The van der Waals surface area contributed by atoms with Crippen molar-refractivity contribution in [3.63, 3.8) is 0 Å². The van der Waals surface area contributed by atoms with Crippen molar-refractivity contribution in [1.29, 1.82) is 0 Å². The second-order valence-electron chi connectivity index (χ2n) is 4.89. The van der Waals surface area contributed by atoms with Crippen molar-refractivity contribution in [1.82, 2.24) is 5.32 Å². The normalized spacial score (nSPS) is 23.5. The third-order valence-electron chi connectivity index (χ3n) is 3.65. The molecule has 1 aliphatic carbocycles. The fraction of sp³-hybridized carbons (Fsp3) is 0.571. The molecule has 0 bridgehead atoms. The first kappa shape index (κ1) is 12.5. The molecule has 0 aliphatic heterocycles. The summed E-state index contributed by atoms with van der Waals surface area (Å²) < 4.78 is 26.1. The van der Waals surface area contributed by atoms with Gasteiger partial charge in [0.15, 0.2) is 0 Å². The zero-order valence-electron chi connectivity index (χ0n) is 10.2. The van der Waals surface area contributed by atoms with Gasteiger partial charge in [0.05, 0.1) is 0 Å². The summed E-state index contributed by atoms with van der Waals surface area (Å²) in [5.74, 6) is 0.307. The molecule has 0 amide bonds. The molecule has 1 aliphatic rings. The van der Waals surface area contributed by atoms with Crippen LogP contribution in [0.25, 0.3) is 0 Å². The van der Waals surface area contributed by atoms with Crippen molar-refractivity contribution in [2.75, 3.05) is 13.1 Å². The molecule has 1 fully saturated rings. The molecule has 2 atom stereocenters. The summed E-state index contributed by atoms with van der Waals surface area (Å²) in [6.07, 6.45) is 3.20. The van der Waals surface area contributed by atoms with Crippen molar-refractivity contribution >= 4 is 0 Å². The Kier molecular flexibility index (Phi) is 4.11. The molecule has 0 heterocycles. The minimum Gasteiger partial charge on any atom is -0.317 e. The molecule has 3 heteroatoms. The van der Waals surface area contributed by atoms with E-state index in [9.17, 15) is 8.78 Å². The van der Waals surface area contributed by atoms with E-state index < -0.39 is 11.6 Å². The summed E-state index contributed by atoms with van der Waals surface area (Å²) in [5.41, 5.74) is 0.786. The topological polar surface area (TPSA) is 12.0 Å². The minimum atomic E-state index is -0.470. The Bertz CT molecular complexity index is 358. The van der Waals surface area contributed by atoms with Crippen molar-refractivity contribution in [2.45, 2.75) is 26.2 Å². The van der Waals surface area contributed by atoms with Gasteiger partial charge in [-0.15, -0.1) is 0 Å². The lowest BCUT2D eigenvalue weighted by atomic mass is 9.70. The van der Waals surface area contributed by atoms with E-state index in [2.05, 4.69) is 12.2 Å². The van der Waals surface area contributed by atoms with Gasteiger partial charge in [-0.1, -0.05) is 6.92 Å². The number of rotatable bonds is 5. The monoisotopic (exact) mass is 239 g/mol. The first-order valence-corrected chi connectivity index (χ1v) is 6.34. The average molecular weight is 239 g/mol. The van der Waals surface area contributed by atoms with E-state index >= 15 is 0 Å². The Morgan fingerprint density at radius 1 is 1.12 bits per heavy atom. The average Bonchev–Trinajstić information content (AvgIpc) is 2.24. The Balaban J connectivity index is 1.92. The SMILES string of the molecule is CCNCC1CCC1Cc1cc(F)cc(F)c1. The molecule has 2 rings (SSSR count). The molecule has 0 spiro atoms. The summed E-state index contributed by atoms with van der Waals surface area (Å²) in [6.45, 7) is 4.10. The summed E-state index contributed by atoms with van der Waals surface area (Å²) in [5, 5.41) is 3.34. The highest BCUT2D eigenvalue weighted by Crippen LogP contribution is 2.36. The molecule has 1 N–H and O–H groups in total. The molecule has 2 unspecified atom stereocenters. The van der Waals surface area contributed by atoms with E-state index in [1.54, 1.807) is 0 Å². The van der Waals surface area contributed by atoms with Crippen LogP contribution in [0.5, 0.6) is 0 Å². The van der Waals surface area contributed by atoms with Crippen LogP contribution < -0.4 is 5.32 Å². The maximum absolute atomic E-state index is 13.0. The Hall–Kier alpha value is -0.960. The molecule has 1 saturated carbocycles. The Morgan fingerprint density at radius 2 is 1.76 bits per heavy atom. The molecule has 0 saturated heterocycles. The number of hydrogen-bond acceptors (Lipinski definition) is 1. The molecular formula is C14H19F2N. The lowest BCUT2D eigenvalue weighted by Gasteiger charge is -2.37. The van der Waals surface area contributed by atoms with Crippen LogP contribution in [-0.4, -0.2) is 13.1 Å². The molecule has 0 radical (unpaired) electrons. The molecular weight excluding hydrogens is 220 g/mol. The van der Waals surface area contributed by atoms with Crippen LogP contribution in [0.4, 0.5) is 8.78 Å². The van der Waals surface area contributed by atoms with Gasteiger partial charge in [-0.25, -0.2) is 8.78 Å². The van der Waals surface area contributed by atoms with Gasteiger partial charge in [-0.3, -0.25) is 0 Å². The van der Waals surface area contributed by atoms with E-state index in [4.69, 9.17) is 0 Å². The summed E-state index contributed by atoms with van der Waals surface area (Å²) in [7, 11) is 0. The first-order chi connectivity index (χ1) is 8.19. The summed E-state index contributed by atoms with van der Waals surface area (Å²) >= 11 is 0. The van der Waals surface area contributed by atoms with Gasteiger partial charge in [0.1, 0.15) is 11.6 Å². The van der Waals surface area contributed by atoms with Gasteiger partial charge >= 0.3 is 0 Å². The third-order valence-corrected chi connectivity index (χ3v) is 3.65. The highest BCUT2D eigenvalue weighted by Gasteiger charge is 2.30. The Labute approximate surface area is 101 Å². The van der Waals surface area contributed by atoms with E-state index in [0.29, 0.717) is 11.8 Å². The van der Waals surface area contributed by atoms with Crippen molar-refractivity contribution < 1.29 is 8.78 Å². The fourth-order valence-corrected chi connectivity index (χ4v) is 2.54. The lowest BCUT2D eigenvalue weighted by Crippen LogP contribution is -2.36. The number of benzene rings is 1. The summed E-state index contributed by atoms with van der Waals surface area (Å²) in [6, 6.07) is 3.83. The number of nitrogens with one attached hydrogen (secondary N) is 1. The Morgan fingerprint density at radius 3 is 2.29 bits per heavy atom. The van der Waals surface area contributed by atoms with Crippen LogP contribution in [0.3, 0.4) is 0 Å². The van der Waals surface area contributed by atoms with Gasteiger partial charge < -0.3 is 5.32 Å². The van der Waals surface area contributed by atoms with Gasteiger partial charge in [0, 0.05) is 6.07 Å². The number of hydrogen-bond donors (Lipinski definition) is 1. The van der Waals surface area contributed by atoms with Gasteiger partial charge in [0.2, 0.25) is 0 Å². The van der Waals surface area contributed by atoms with Crippen LogP contribution in [0.1, 0.15) is 25.3 Å². The molecule has 1 nitrogen and oxygen atoms in total. The molecule has 1 aromatic rings. The minimum absolute atomic E-state index is 0.470. The van der Waals surface area contributed by atoms with Crippen LogP contribution in [-0.2, 0) is 6.42 Å². The van der Waals surface area contributed by atoms with Crippen molar-refractivity contribution in [3.8, 4) is 0 Å². The largest absolute Gasteiger partial charge is 0.317 e.